The van der Waals surface area contributed by atoms with Crippen LogP contribution in [0, 0.1) is 0 Å². The van der Waals surface area contributed by atoms with Crippen LogP contribution in [0.1, 0.15) is 29.9 Å². The van der Waals surface area contributed by atoms with Crippen LogP contribution in [-0.4, -0.2) is 41.4 Å². The maximum absolute atomic E-state index is 11.2. The molecule has 2 N–H and O–H groups in total. The molecule has 4 nitrogen and oxygen atoms in total. The molecule has 0 saturated carbocycles. The minimum atomic E-state index is -0.521. The van der Waals surface area contributed by atoms with Crippen LogP contribution in [0.2, 0.25) is 0 Å². The number of hydrogen-bond donors (Lipinski definition) is 2. The van der Waals surface area contributed by atoms with Gasteiger partial charge in [-0.05, 0) is 60.6 Å². The smallest absolute Gasteiger partial charge is 0.267 e. The number of carbonyl (C=O) groups excluding carboxylic acids is 1. The van der Waals surface area contributed by atoms with Crippen molar-refractivity contribution in [2.75, 3.05) is 25.4 Å². The zero-order valence-electron chi connectivity index (χ0n) is 16.0. The molecule has 1 amide bonds. The van der Waals surface area contributed by atoms with Crippen LogP contribution in [0.15, 0.2) is 46.7 Å². The molecule has 0 aliphatic carbocycles. The van der Waals surface area contributed by atoms with E-state index in [2.05, 4.69) is 48.4 Å². The first kappa shape index (κ1) is 21.7. The number of benzene rings is 1. The lowest BCUT2D eigenvalue weighted by Crippen LogP contribution is -2.25. The third kappa shape index (κ3) is 7.50. The Labute approximate surface area is 170 Å². The van der Waals surface area contributed by atoms with Gasteiger partial charge in [0.05, 0.1) is 0 Å². The van der Waals surface area contributed by atoms with Crippen LogP contribution in [0.3, 0.4) is 0 Å². The van der Waals surface area contributed by atoms with E-state index in [0.717, 1.165) is 43.8 Å². The largest absolute Gasteiger partial charge is 0.303 e. The van der Waals surface area contributed by atoms with E-state index >= 15 is 0 Å². The average Bonchev–Trinajstić information content (AvgIpc) is 3.22. The van der Waals surface area contributed by atoms with E-state index in [9.17, 15) is 4.79 Å². The Balaban J connectivity index is 2.09. The standard InChI is InChI=1S/C21H28N2O2S2/c1-3-23(4-2)13-15-27-20-11-7-17(8-12-21(24)22-25)16-18(20)9-10-19-6-5-14-26-19/h5-8,11-12,14,16,25H,3-4,9-10,13,15H2,1-2H3,(H,22,24)/b12-8+. The molecule has 0 radical (unpaired) electrons. The number of rotatable bonds is 11. The van der Waals surface area contributed by atoms with Gasteiger partial charge in [0.25, 0.3) is 5.91 Å². The van der Waals surface area contributed by atoms with Gasteiger partial charge in [-0.25, -0.2) is 5.48 Å². The molecule has 27 heavy (non-hydrogen) atoms. The van der Waals surface area contributed by atoms with Crippen molar-refractivity contribution < 1.29 is 10.0 Å². The van der Waals surface area contributed by atoms with Gasteiger partial charge in [-0.3, -0.25) is 10.0 Å². The Bertz CT molecular complexity index is 726. The Hall–Kier alpha value is -1.60. The van der Waals surface area contributed by atoms with Gasteiger partial charge in [-0.2, -0.15) is 0 Å². The van der Waals surface area contributed by atoms with Crippen LogP contribution in [0.4, 0.5) is 0 Å². The quantitative estimate of drug-likeness (QED) is 0.251. The second-order valence-electron chi connectivity index (χ2n) is 6.13. The second-order valence-corrected chi connectivity index (χ2v) is 8.30. The third-order valence-electron chi connectivity index (χ3n) is 4.40. The molecule has 2 rings (SSSR count). The average molecular weight is 405 g/mol. The molecule has 2 aromatic rings. The number of thioether (sulfide) groups is 1. The van der Waals surface area contributed by atoms with Gasteiger partial charge >= 0.3 is 0 Å². The third-order valence-corrected chi connectivity index (χ3v) is 6.43. The number of hydrogen-bond acceptors (Lipinski definition) is 5. The van der Waals surface area contributed by atoms with E-state index in [1.165, 1.54) is 21.4 Å². The van der Waals surface area contributed by atoms with E-state index in [1.807, 2.05) is 17.8 Å². The molecule has 0 unspecified atom stereocenters. The van der Waals surface area contributed by atoms with E-state index in [1.54, 1.807) is 22.9 Å². The van der Waals surface area contributed by atoms with Crippen LogP contribution in [0.25, 0.3) is 6.08 Å². The van der Waals surface area contributed by atoms with E-state index in [4.69, 9.17) is 5.21 Å². The van der Waals surface area contributed by atoms with Gasteiger partial charge in [0.2, 0.25) is 0 Å². The monoisotopic (exact) mass is 404 g/mol. The van der Waals surface area contributed by atoms with E-state index in [-0.39, 0.29) is 0 Å². The molecular formula is C21H28N2O2S2. The van der Waals surface area contributed by atoms with Crippen molar-refractivity contribution >= 4 is 35.1 Å². The minimum absolute atomic E-state index is 0.521. The highest BCUT2D eigenvalue weighted by molar-refractivity contribution is 7.99. The highest BCUT2D eigenvalue weighted by atomic mass is 32.2. The SMILES string of the molecule is CCN(CC)CCSc1ccc(/C=C/C(=O)NO)cc1CCc1cccs1. The minimum Gasteiger partial charge on any atom is -0.303 e. The van der Waals surface area contributed by atoms with E-state index in [0.29, 0.717) is 0 Å². The molecule has 0 aliphatic rings. The Morgan fingerprint density at radius 3 is 2.74 bits per heavy atom. The fourth-order valence-corrected chi connectivity index (χ4v) is 4.57. The summed E-state index contributed by atoms with van der Waals surface area (Å²) in [6.45, 7) is 7.65. The number of aryl methyl sites for hydroxylation is 2. The van der Waals surface area contributed by atoms with Crippen molar-refractivity contribution in [2.45, 2.75) is 31.6 Å². The predicted molar refractivity (Wildman–Crippen MR) is 116 cm³/mol. The normalized spacial score (nSPS) is 11.4. The summed E-state index contributed by atoms with van der Waals surface area (Å²) in [6.07, 6.45) is 5.06. The number of carbonyl (C=O) groups is 1. The maximum atomic E-state index is 11.2. The molecule has 0 spiro atoms. The van der Waals surface area contributed by atoms with Crippen LogP contribution < -0.4 is 5.48 Å². The number of thiophene rings is 1. The van der Waals surface area contributed by atoms with Crippen molar-refractivity contribution in [3.63, 3.8) is 0 Å². The molecule has 1 aromatic heterocycles. The first-order valence-corrected chi connectivity index (χ1v) is 11.1. The zero-order valence-corrected chi connectivity index (χ0v) is 17.6. The molecule has 0 saturated heterocycles. The van der Waals surface area contributed by atoms with Crippen molar-refractivity contribution in [3.8, 4) is 0 Å². The van der Waals surface area contributed by atoms with Gasteiger partial charge in [0.1, 0.15) is 0 Å². The molecule has 0 bridgehead atoms. The highest BCUT2D eigenvalue weighted by Gasteiger charge is 2.07. The van der Waals surface area contributed by atoms with Gasteiger partial charge in [-0.1, -0.05) is 32.0 Å². The van der Waals surface area contributed by atoms with Gasteiger partial charge in [-0.15, -0.1) is 23.1 Å². The summed E-state index contributed by atoms with van der Waals surface area (Å²) in [5.74, 6) is 0.545. The molecule has 6 heteroatoms. The lowest BCUT2D eigenvalue weighted by atomic mass is 10.1. The Morgan fingerprint density at radius 1 is 1.26 bits per heavy atom. The molecule has 0 fully saturated rings. The molecular weight excluding hydrogens is 376 g/mol. The van der Waals surface area contributed by atoms with Gasteiger partial charge < -0.3 is 4.90 Å². The first-order valence-electron chi connectivity index (χ1n) is 9.28. The summed E-state index contributed by atoms with van der Waals surface area (Å²) in [5, 5.41) is 10.7. The summed E-state index contributed by atoms with van der Waals surface area (Å²) in [5.41, 5.74) is 3.89. The molecule has 0 atom stereocenters. The Morgan fingerprint density at radius 2 is 2.07 bits per heavy atom. The fourth-order valence-electron chi connectivity index (χ4n) is 2.79. The van der Waals surface area contributed by atoms with Crippen molar-refractivity contribution in [2.24, 2.45) is 0 Å². The zero-order chi connectivity index (χ0) is 19.5. The molecule has 146 valence electrons. The fraction of sp³-hybridized carbons (Fsp3) is 0.381. The Kier molecular flexibility index (Phi) is 9.62. The summed E-state index contributed by atoms with van der Waals surface area (Å²) in [7, 11) is 0. The molecule has 1 aromatic carbocycles. The van der Waals surface area contributed by atoms with Crippen molar-refractivity contribution in [1.82, 2.24) is 10.4 Å². The number of hydroxylamine groups is 1. The summed E-state index contributed by atoms with van der Waals surface area (Å²) in [6, 6.07) is 10.6. The highest BCUT2D eigenvalue weighted by Crippen LogP contribution is 2.26. The molecule has 1 heterocycles. The van der Waals surface area contributed by atoms with Crippen LogP contribution >= 0.6 is 23.1 Å². The number of nitrogens with one attached hydrogen (secondary N) is 1. The summed E-state index contributed by atoms with van der Waals surface area (Å²) < 4.78 is 0. The summed E-state index contributed by atoms with van der Waals surface area (Å²) in [4.78, 5) is 16.4. The topological polar surface area (TPSA) is 52.6 Å². The number of nitrogens with zero attached hydrogens (tertiary/aromatic N) is 1. The van der Waals surface area contributed by atoms with Crippen LogP contribution in [0.5, 0.6) is 0 Å². The number of amides is 1. The van der Waals surface area contributed by atoms with Crippen LogP contribution in [-0.2, 0) is 17.6 Å². The second kappa shape index (κ2) is 12.0. The predicted octanol–water partition coefficient (Wildman–Crippen LogP) is 4.49. The maximum Gasteiger partial charge on any atom is 0.267 e. The van der Waals surface area contributed by atoms with E-state index < -0.39 is 5.91 Å². The molecule has 0 aliphatic heterocycles. The van der Waals surface area contributed by atoms with Crippen molar-refractivity contribution in [1.29, 1.82) is 0 Å². The van der Waals surface area contributed by atoms with Gasteiger partial charge in [0.15, 0.2) is 0 Å². The lowest BCUT2D eigenvalue weighted by molar-refractivity contribution is -0.124. The van der Waals surface area contributed by atoms with Crippen molar-refractivity contribution in [3.05, 3.63) is 57.8 Å². The lowest BCUT2D eigenvalue weighted by Gasteiger charge is -2.18. The summed E-state index contributed by atoms with van der Waals surface area (Å²) >= 11 is 3.69. The van der Waals surface area contributed by atoms with Gasteiger partial charge in [0, 0.05) is 28.1 Å². The first-order chi connectivity index (χ1) is 13.2.